The van der Waals surface area contributed by atoms with Crippen LogP contribution in [-0.4, -0.2) is 21.7 Å². The van der Waals surface area contributed by atoms with Crippen LogP contribution in [0.15, 0.2) is 28.8 Å². The van der Waals surface area contributed by atoms with E-state index in [4.69, 9.17) is 9.26 Å². The van der Waals surface area contributed by atoms with Crippen LogP contribution in [0.5, 0.6) is 0 Å². The lowest BCUT2D eigenvalue weighted by Crippen LogP contribution is -1.95. The monoisotopic (exact) mass is 261 g/mol. The van der Waals surface area contributed by atoms with Crippen molar-refractivity contribution in [2.45, 2.75) is 18.9 Å². The van der Waals surface area contributed by atoms with Crippen molar-refractivity contribution >= 4 is 5.69 Å². The van der Waals surface area contributed by atoms with E-state index in [-0.39, 0.29) is 11.8 Å². The van der Waals surface area contributed by atoms with Crippen LogP contribution in [0.3, 0.4) is 0 Å². The number of non-ortho nitro benzene ring substituents is 1. The van der Waals surface area contributed by atoms with Crippen molar-refractivity contribution < 1.29 is 14.2 Å². The molecule has 1 fully saturated rings. The Bertz CT molecular complexity index is 587. The fraction of sp³-hybridized carbons (Fsp3) is 0.333. The smallest absolute Gasteiger partial charge is 0.269 e. The maximum absolute atomic E-state index is 10.6. The number of nitro groups is 1. The van der Waals surface area contributed by atoms with Gasteiger partial charge in [-0.15, -0.1) is 0 Å². The van der Waals surface area contributed by atoms with E-state index in [1.807, 2.05) is 0 Å². The Morgan fingerprint density at radius 1 is 1.32 bits per heavy atom. The zero-order valence-corrected chi connectivity index (χ0v) is 9.98. The average Bonchev–Trinajstić information content (AvgIpc) is 3.10. The summed E-state index contributed by atoms with van der Waals surface area (Å²) in [6.07, 6.45) is 1.74. The van der Waals surface area contributed by atoms with E-state index < -0.39 is 4.92 Å². The molecule has 0 spiro atoms. The lowest BCUT2D eigenvalue weighted by Gasteiger charge is -2.00. The molecule has 0 unspecified atom stereocenters. The molecule has 0 aliphatic carbocycles. The predicted molar refractivity (Wildman–Crippen MR) is 64.3 cm³/mol. The van der Waals surface area contributed by atoms with Crippen LogP contribution in [0, 0.1) is 10.1 Å². The fourth-order valence-corrected chi connectivity index (χ4v) is 1.99. The average molecular weight is 261 g/mol. The zero-order valence-electron chi connectivity index (χ0n) is 9.98. The van der Waals surface area contributed by atoms with E-state index in [0.29, 0.717) is 23.9 Å². The zero-order chi connectivity index (χ0) is 13.2. The number of benzene rings is 1. The maximum atomic E-state index is 10.6. The van der Waals surface area contributed by atoms with Crippen LogP contribution in [0.25, 0.3) is 11.4 Å². The van der Waals surface area contributed by atoms with Gasteiger partial charge in [0.2, 0.25) is 5.82 Å². The molecule has 1 saturated heterocycles. The predicted octanol–water partition coefficient (Wildman–Crippen LogP) is 2.50. The highest BCUT2D eigenvalue weighted by atomic mass is 16.6. The van der Waals surface area contributed by atoms with E-state index in [1.165, 1.54) is 12.1 Å². The standard InChI is InChI=1S/C12H11N3O4/c16-15(17)9-5-3-8(4-6-9)11-13-12(19-14-11)10-2-1-7-18-10/h3-6,10H,1-2,7H2/t10-/m1/s1. The highest BCUT2D eigenvalue weighted by Crippen LogP contribution is 2.29. The SMILES string of the molecule is O=[N+]([O-])c1ccc(-c2noc([C@H]3CCCO3)n2)cc1. The molecule has 2 aromatic rings. The van der Waals surface area contributed by atoms with Gasteiger partial charge in [0.05, 0.1) is 4.92 Å². The van der Waals surface area contributed by atoms with Gasteiger partial charge in [-0.05, 0) is 25.0 Å². The summed E-state index contributed by atoms with van der Waals surface area (Å²) in [4.78, 5) is 14.4. The molecule has 1 aliphatic rings. The first kappa shape index (κ1) is 11.8. The number of rotatable bonds is 3. The van der Waals surface area contributed by atoms with Crippen molar-refractivity contribution in [3.63, 3.8) is 0 Å². The Balaban J connectivity index is 1.83. The van der Waals surface area contributed by atoms with Crippen LogP contribution >= 0.6 is 0 Å². The summed E-state index contributed by atoms with van der Waals surface area (Å²) < 4.78 is 10.6. The summed E-state index contributed by atoms with van der Waals surface area (Å²) in [6, 6.07) is 6.03. The Morgan fingerprint density at radius 3 is 2.74 bits per heavy atom. The lowest BCUT2D eigenvalue weighted by atomic mass is 10.2. The molecule has 1 atom stereocenters. The van der Waals surface area contributed by atoms with E-state index in [0.717, 1.165) is 12.8 Å². The summed E-state index contributed by atoms with van der Waals surface area (Å²) in [5.74, 6) is 0.881. The van der Waals surface area contributed by atoms with Gasteiger partial charge in [-0.3, -0.25) is 10.1 Å². The van der Waals surface area contributed by atoms with E-state index >= 15 is 0 Å². The fourth-order valence-electron chi connectivity index (χ4n) is 1.99. The Kier molecular flexibility index (Phi) is 2.96. The first-order valence-corrected chi connectivity index (χ1v) is 5.94. The topological polar surface area (TPSA) is 91.3 Å². The third kappa shape index (κ3) is 2.32. The van der Waals surface area contributed by atoms with Crippen LogP contribution in [0.1, 0.15) is 24.8 Å². The molecular formula is C12H11N3O4. The van der Waals surface area contributed by atoms with E-state index in [9.17, 15) is 10.1 Å². The molecule has 0 radical (unpaired) electrons. The van der Waals surface area contributed by atoms with Crippen molar-refractivity contribution in [2.75, 3.05) is 6.61 Å². The second-order valence-electron chi connectivity index (χ2n) is 4.26. The van der Waals surface area contributed by atoms with Gasteiger partial charge in [-0.2, -0.15) is 4.98 Å². The Morgan fingerprint density at radius 2 is 2.11 bits per heavy atom. The summed E-state index contributed by atoms with van der Waals surface area (Å²) in [6.45, 7) is 0.708. The molecule has 1 aromatic carbocycles. The number of aromatic nitrogens is 2. The molecular weight excluding hydrogens is 250 g/mol. The maximum Gasteiger partial charge on any atom is 0.269 e. The molecule has 1 aliphatic heterocycles. The molecule has 98 valence electrons. The largest absolute Gasteiger partial charge is 0.368 e. The van der Waals surface area contributed by atoms with Gasteiger partial charge in [0.25, 0.3) is 11.6 Å². The molecule has 0 bridgehead atoms. The number of ether oxygens (including phenoxy) is 1. The summed E-state index contributed by atoms with van der Waals surface area (Å²) in [5, 5.41) is 14.4. The second kappa shape index (κ2) is 4.77. The normalized spacial score (nSPS) is 18.6. The highest BCUT2D eigenvalue weighted by Gasteiger charge is 2.24. The minimum Gasteiger partial charge on any atom is -0.368 e. The third-order valence-electron chi connectivity index (χ3n) is 2.98. The van der Waals surface area contributed by atoms with Crippen molar-refractivity contribution in [3.8, 4) is 11.4 Å². The van der Waals surface area contributed by atoms with Gasteiger partial charge in [0, 0.05) is 24.3 Å². The van der Waals surface area contributed by atoms with Gasteiger partial charge >= 0.3 is 0 Å². The second-order valence-corrected chi connectivity index (χ2v) is 4.26. The molecule has 1 aromatic heterocycles. The van der Waals surface area contributed by atoms with Gasteiger partial charge in [0.15, 0.2) is 0 Å². The van der Waals surface area contributed by atoms with E-state index in [2.05, 4.69) is 10.1 Å². The molecule has 19 heavy (non-hydrogen) atoms. The van der Waals surface area contributed by atoms with Gasteiger partial charge in [0.1, 0.15) is 6.10 Å². The number of hydrogen-bond acceptors (Lipinski definition) is 6. The van der Waals surface area contributed by atoms with Crippen LogP contribution in [0.2, 0.25) is 0 Å². The Hall–Kier alpha value is -2.28. The minimum absolute atomic E-state index is 0.0339. The number of hydrogen-bond donors (Lipinski definition) is 0. The van der Waals surface area contributed by atoms with Crippen molar-refractivity contribution in [1.29, 1.82) is 0 Å². The molecule has 0 saturated carbocycles. The van der Waals surface area contributed by atoms with Crippen molar-refractivity contribution in [2.24, 2.45) is 0 Å². The van der Waals surface area contributed by atoms with Crippen LogP contribution in [0.4, 0.5) is 5.69 Å². The molecule has 7 heteroatoms. The third-order valence-corrected chi connectivity index (χ3v) is 2.98. The summed E-state index contributed by atoms with van der Waals surface area (Å²) >= 11 is 0. The molecule has 0 amide bonds. The van der Waals surface area contributed by atoms with Gasteiger partial charge in [-0.1, -0.05) is 5.16 Å². The molecule has 7 nitrogen and oxygen atoms in total. The van der Waals surface area contributed by atoms with Crippen LogP contribution in [-0.2, 0) is 4.74 Å². The first-order chi connectivity index (χ1) is 9.24. The van der Waals surface area contributed by atoms with Crippen LogP contribution < -0.4 is 0 Å². The highest BCUT2D eigenvalue weighted by molar-refractivity contribution is 5.56. The summed E-state index contributed by atoms with van der Waals surface area (Å²) in [7, 11) is 0. The van der Waals surface area contributed by atoms with Crippen molar-refractivity contribution in [3.05, 3.63) is 40.3 Å². The Labute approximate surface area is 108 Å². The number of nitro benzene ring substituents is 1. The quantitative estimate of drug-likeness (QED) is 0.622. The van der Waals surface area contributed by atoms with Gasteiger partial charge in [-0.25, -0.2) is 0 Å². The summed E-state index contributed by atoms with van der Waals surface area (Å²) in [5.41, 5.74) is 0.713. The van der Waals surface area contributed by atoms with E-state index in [1.54, 1.807) is 12.1 Å². The molecule has 2 heterocycles. The molecule has 3 rings (SSSR count). The first-order valence-electron chi connectivity index (χ1n) is 5.94. The minimum atomic E-state index is -0.447. The van der Waals surface area contributed by atoms with Crippen molar-refractivity contribution in [1.82, 2.24) is 10.1 Å². The van der Waals surface area contributed by atoms with Gasteiger partial charge < -0.3 is 9.26 Å². The lowest BCUT2D eigenvalue weighted by molar-refractivity contribution is -0.384. The number of nitrogens with zero attached hydrogens (tertiary/aromatic N) is 3. The molecule has 0 N–H and O–H groups in total.